The maximum atomic E-state index is 12.1. The Labute approximate surface area is 138 Å². The molecule has 1 amide bonds. The highest BCUT2D eigenvalue weighted by Gasteiger charge is 2.22. The highest BCUT2D eigenvalue weighted by atomic mass is 16.5. The molecule has 7 heteroatoms. The Balaban J connectivity index is 1.76. The number of carbonyl (C=O) groups is 1. The highest BCUT2D eigenvalue weighted by molar-refractivity contribution is 5.78. The first kappa shape index (κ1) is 17.9. The fourth-order valence-corrected chi connectivity index (χ4v) is 2.91. The SMILES string of the molecule is COCCNCC(=O)N1CCN(Cc2c(C)nn(C)c2C)CC1. The van der Waals surface area contributed by atoms with Crippen LogP contribution >= 0.6 is 0 Å². The fraction of sp³-hybridized carbons (Fsp3) is 0.750. The number of carbonyl (C=O) groups excluding carboxylic acids is 1. The normalized spacial score (nSPS) is 16.1. The van der Waals surface area contributed by atoms with Gasteiger partial charge in [0.2, 0.25) is 5.91 Å². The second-order valence-electron chi connectivity index (χ2n) is 6.10. The van der Waals surface area contributed by atoms with Crippen molar-refractivity contribution in [3.05, 3.63) is 17.0 Å². The van der Waals surface area contributed by atoms with Crippen molar-refractivity contribution in [3.63, 3.8) is 0 Å². The van der Waals surface area contributed by atoms with Gasteiger partial charge in [0, 0.05) is 64.7 Å². The molecule has 0 aromatic carbocycles. The molecule has 1 aromatic heterocycles. The summed E-state index contributed by atoms with van der Waals surface area (Å²) in [4.78, 5) is 16.5. The van der Waals surface area contributed by atoms with E-state index in [9.17, 15) is 4.79 Å². The number of rotatable bonds is 7. The molecule has 1 aromatic rings. The van der Waals surface area contributed by atoms with E-state index in [2.05, 4.69) is 29.2 Å². The topological polar surface area (TPSA) is 62.6 Å². The Kier molecular flexibility index (Phi) is 6.56. The van der Waals surface area contributed by atoms with Gasteiger partial charge in [-0.15, -0.1) is 0 Å². The van der Waals surface area contributed by atoms with Gasteiger partial charge in [-0.05, 0) is 13.8 Å². The van der Waals surface area contributed by atoms with E-state index in [1.165, 1.54) is 11.3 Å². The zero-order valence-electron chi connectivity index (χ0n) is 14.8. The molecule has 0 spiro atoms. The van der Waals surface area contributed by atoms with Gasteiger partial charge in [0.1, 0.15) is 0 Å². The van der Waals surface area contributed by atoms with Crippen LogP contribution in [-0.2, 0) is 23.1 Å². The molecule has 0 bridgehead atoms. The van der Waals surface area contributed by atoms with Gasteiger partial charge in [0.05, 0.1) is 18.8 Å². The molecular formula is C16H29N5O2. The van der Waals surface area contributed by atoms with E-state index >= 15 is 0 Å². The average molecular weight is 323 g/mol. The molecule has 1 aliphatic heterocycles. The molecule has 130 valence electrons. The minimum atomic E-state index is 0.175. The van der Waals surface area contributed by atoms with Gasteiger partial charge in [-0.1, -0.05) is 0 Å². The fourth-order valence-electron chi connectivity index (χ4n) is 2.91. The van der Waals surface area contributed by atoms with Crippen LogP contribution in [0, 0.1) is 13.8 Å². The lowest BCUT2D eigenvalue weighted by molar-refractivity contribution is -0.132. The zero-order valence-corrected chi connectivity index (χ0v) is 14.8. The first-order valence-electron chi connectivity index (χ1n) is 8.21. The van der Waals surface area contributed by atoms with Gasteiger partial charge in [0.15, 0.2) is 0 Å². The Morgan fingerprint density at radius 3 is 2.52 bits per heavy atom. The van der Waals surface area contributed by atoms with Gasteiger partial charge in [-0.25, -0.2) is 0 Å². The van der Waals surface area contributed by atoms with Crippen LogP contribution in [-0.4, -0.2) is 78.5 Å². The summed E-state index contributed by atoms with van der Waals surface area (Å²) in [5.74, 6) is 0.175. The number of nitrogens with one attached hydrogen (secondary N) is 1. The molecule has 1 fully saturated rings. The minimum Gasteiger partial charge on any atom is -0.383 e. The zero-order chi connectivity index (χ0) is 16.8. The number of hydrogen-bond acceptors (Lipinski definition) is 5. The smallest absolute Gasteiger partial charge is 0.236 e. The predicted octanol–water partition coefficient (Wildman–Crippen LogP) is -0.0829. The molecule has 0 saturated carbocycles. The van der Waals surface area contributed by atoms with Crippen LogP contribution in [0.3, 0.4) is 0 Å². The van der Waals surface area contributed by atoms with Gasteiger partial charge < -0.3 is 15.0 Å². The predicted molar refractivity (Wildman–Crippen MR) is 89.3 cm³/mol. The third-order valence-corrected chi connectivity index (χ3v) is 4.52. The van der Waals surface area contributed by atoms with Crippen molar-refractivity contribution in [2.24, 2.45) is 7.05 Å². The molecule has 7 nitrogen and oxygen atoms in total. The quantitative estimate of drug-likeness (QED) is 0.711. The van der Waals surface area contributed by atoms with E-state index in [0.29, 0.717) is 19.7 Å². The Hall–Kier alpha value is -1.44. The van der Waals surface area contributed by atoms with Gasteiger partial charge in [-0.3, -0.25) is 14.4 Å². The number of amides is 1. The van der Waals surface area contributed by atoms with Gasteiger partial charge >= 0.3 is 0 Å². The molecule has 1 saturated heterocycles. The van der Waals surface area contributed by atoms with E-state index in [-0.39, 0.29) is 5.91 Å². The molecule has 0 atom stereocenters. The lowest BCUT2D eigenvalue weighted by Crippen LogP contribution is -2.50. The second-order valence-corrected chi connectivity index (χ2v) is 6.10. The number of aryl methyl sites for hydroxylation is 2. The van der Waals surface area contributed by atoms with Crippen LogP contribution in [0.5, 0.6) is 0 Å². The standard InChI is InChI=1S/C16H29N5O2/c1-13-15(14(2)19(3)18-13)12-20-6-8-21(9-7-20)16(22)11-17-5-10-23-4/h17H,5-12H2,1-4H3. The Morgan fingerprint density at radius 2 is 1.96 bits per heavy atom. The molecule has 23 heavy (non-hydrogen) atoms. The summed E-state index contributed by atoms with van der Waals surface area (Å²) in [7, 11) is 3.65. The third-order valence-electron chi connectivity index (χ3n) is 4.52. The largest absolute Gasteiger partial charge is 0.383 e. The molecular weight excluding hydrogens is 294 g/mol. The summed E-state index contributed by atoms with van der Waals surface area (Å²) >= 11 is 0. The first-order valence-corrected chi connectivity index (χ1v) is 8.21. The van der Waals surface area contributed by atoms with E-state index < -0.39 is 0 Å². The molecule has 2 heterocycles. The first-order chi connectivity index (χ1) is 11.0. The maximum Gasteiger partial charge on any atom is 0.236 e. The number of piperazine rings is 1. The lowest BCUT2D eigenvalue weighted by Gasteiger charge is -2.34. The molecule has 1 aliphatic rings. The number of aromatic nitrogens is 2. The van der Waals surface area contributed by atoms with Crippen molar-refractivity contribution < 1.29 is 9.53 Å². The van der Waals surface area contributed by atoms with Gasteiger partial charge in [-0.2, -0.15) is 5.10 Å². The number of ether oxygens (including phenoxy) is 1. The summed E-state index contributed by atoms with van der Waals surface area (Å²) in [5, 5.41) is 7.59. The summed E-state index contributed by atoms with van der Waals surface area (Å²) in [6.45, 7) is 10.2. The summed E-state index contributed by atoms with van der Waals surface area (Å²) in [6, 6.07) is 0. The minimum absolute atomic E-state index is 0.175. The lowest BCUT2D eigenvalue weighted by atomic mass is 10.1. The monoisotopic (exact) mass is 323 g/mol. The number of methoxy groups -OCH3 is 1. The van der Waals surface area contributed by atoms with Crippen molar-refractivity contribution in [3.8, 4) is 0 Å². The third kappa shape index (κ3) is 4.76. The Morgan fingerprint density at radius 1 is 1.26 bits per heavy atom. The van der Waals surface area contributed by atoms with E-state index in [1.807, 2.05) is 16.6 Å². The van der Waals surface area contributed by atoms with Crippen LogP contribution in [0.25, 0.3) is 0 Å². The van der Waals surface area contributed by atoms with Gasteiger partial charge in [0.25, 0.3) is 0 Å². The highest BCUT2D eigenvalue weighted by Crippen LogP contribution is 2.16. The molecule has 0 radical (unpaired) electrons. The summed E-state index contributed by atoms with van der Waals surface area (Å²) < 4.78 is 6.90. The van der Waals surface area contributed by atoms with Crippen molar-refractivity contribution in [2.75, 3.05) is 53.0 Å². The van der Waals surface area contributed by atoms with E-state index in [4.69, 9.17) is 4.74 Å². The second kappa shape index (κ2) is 8.42. The maximum absolute atomic E-state index is 12.1. The van der Waals surface area contributed by atoms with Crippen LogP contribution in [0.1, 0.15) is 17.0 Å². The number of hydrogen-bond donors (Lipinski definition) is 1. The number of nitrogens with zero attached hydrogens (tertiary/aromatic N) is 4. The molecule has 0 aliphatic carbocycles. The molecule has 0 unspecified atom stereocenters. The van der Waals surface area contributed by atoms with Crippen LogP contribution in [0.2, 0.25) is 0 Å². The van der Waals surface area contributed by atoms with Crippen molar-refractivity contribution in [1.29, 1.82) is 0 Å². The molecule has 2 rings (SSSR count). The van der Waals surface area contributed by atoms with Crippen molar-refractivity contribution in [1.82, 2.24) is 24.9 Å². The van der Waals surface area contributed by atoms with Crippen molar-refractivity contribution >= 4 is 5.91 Å². The van der Waals surface area contributed by atoms with Crippen LogP contribution in [0.15, 0.2) is 0 Å². The van der Waals surface area contributed by atoms with Crippen LogP contribution < -0.4 is 5.32 Å². The van der Waals surface area contributed by atoms with Crippen LogP contribution in [0.4, 0.5) is 0 Å². The summed E-state index contributed by atoms with van der Waals surface area (Å²) in [6.07, 6.45) is 0. The average Bonchev–Trinajstić information content (AvgIpc) is 2.78. The van der Waals surface area contributed by atoms with Crippen molar-refractivity contribution in [2.45, 2.75) is 20.4 Å². The molecule has 1 N–H and O–H groups in total. The van der Waals surface area contributed by atoms with E-state index in [1.54, 1.807) is 7.11 Å². The summed E-state index contributed by atoms with van der Waals surface area (Å²) in [5.41, 5.74) is 3.64. The van der Waals surface area contributed by atoms with E-state index in [0.717, 1.165) is 38.4 Å². The Bertz CT molecular complexity index is 521.